The first-order valence-electron chi connectivity index (χ1n) is 6.32. The summed E-state index contributed by atoms with van der Waals surface area (Å²) in [7, 11) is 0. The van der Waals surface area contributed by atoms with Crippen LogP contribution in [-0.4, -0.2) is 17.4 Å². The minimum absolute atomic E-state index is 0.134. The molecule has 5 heteroatoms. The van der Waals surface area contributed by atoms with Crippen LogP contribution < -0.4 is 11.1 Å². The van der Waals surface area contributed by atoms with E-state index in [1.807, 2.05) is 6.92 Å². The number of nitrogens with one attached hydrogen (secondary N) is 1. The Bertz CT molecular complexity index is 732. The second-order valence-corrected chi connectivity index (χ2v) is 4.36. The fourth-order valence-corrected chi connectivity index (χ4v) is 1.76. The van der Waals surface area contributed by atoms with Crippen LogP contribution in [0.1, 0.15) is 21.5 Å². The lowest BCUT2D eigenvalue weighted by Gasteiger charge is -2.08. The van der Waals surface area contributed by atoms with E-state index in [2.05, 4.69) is 22.1 Å². The van der Waals surface area contributed by atoms with Gasteiger partial charge in [0.25, 0.3) is 5.91 Å². The van der Waals surface area contributed by atoms with Gasteiger partial charge in [-0.05, 0) is 30.7 Å². The topological polar surface area (TPSA) is 68.0 Å². The van der Waals surface area contributed by atoms with Crippen LogP contribution in [0.15, 0.2) is 36.7 Å². The number of carbonyl (C=O) groups is 1. The minimum Gasteiger partial charge on any atom is -0.320 e. The Labute approximate surface area is 122 Å². The van der Waals surface area contributed by atoms with E-state index >= 15 is 0 Å². The molecule has 0 saturated carbocycles. The van der Waals surface area contributed by atoms with Crippen LogP contribution in [0.25, 0.3) is 0 Å². The third-order valence-electron chi connectivity index (χ3n) is 2.76. The molecular weight excluding hydrogens is 269 g/mol. The van der Waals surface area contributed by atoms with Gasteiger partial charge in [-0.25, -0.2) is 4.39 Å². The number of amides is 1. The van der Waals surface area contributed by atoms with Crippen LogP contribution in [0.3, 0.4) is 0 Å². The molecule has 1 heterocycles. The second kappa shape index (κ2) is 6.64. The molecule has 21 heavy (non-hydrogen) atoms. The maximum absolute atomic E-state index is 13.7. The highest BCUT2D eigenvalue weighted by molar-refractivity contribution is 6.06. The van der Waals surface area contributed by atoms with Gasteiger partial charge in [-0.15, -0.1) is 0 Å². The summed E-state index contributed by atoms with van der Waals surface area (Å²) in [6.45, 7) is 2.00. The van der Waals surface area contributed by atoms with Gasteiger partial charge in [0.15, 0.2) is 0 Å². The summed E-state index contributed by atoms with van der Waals surface area (Å²) in [6, 6.07) is 6.05. The molecule has 1 aromatic heterocycles. The number of benzene rings is 1. The molecule has 0 saturated heterocycles. The second-order valence-electron chi connectivity index (χ2n) is 4.36. The van der Waals surface area contributed by atoms with E-state index < -0.39 is 11.7 Å². The molecular formula is C16H14FN3O. The summed E-state index contributed by atoms with van der Waals surface area (Å²) in [4.78, 5) is 16.2. The molecule has 1 amide bonds. The lowest BCUT2D eigenvalue weighted by molar-refractivity contribution is 0.102. The van der Waals surface area contributed by atoms with Gasteiger partial charge < -0.3 is 11.1 Å². The van der Waals surface area contributed by atoms with Gasteiger partial charge in [-0.2, -0.15) is 0 Å². The van der Waals surface area contributed by atoms with Crippen molar-refractivity contribution in [3.05, 3.63) is 59.2 Å². The summed E-state index contributed by atoms with van der Waals surface area (Å²) in [5, 5.41) is 2.54. The summed E-state index contributed by atoms with van der Waals surface area (Å²) in [5.41, 5.74) is 7.08. The predicted molar refractivity (Wildman–Crippen MR) is 79.3 cm³/mol. The van der Waals surface area contributed by atoms with Gasteiger partial charge in [0.05, 0.1) is 23.4 Å². The Morgan fingerprint density at radius 3 is 3.00 bits per heavy atom. The Kier molecular flexibility index (Phi) is 4.64. The van der Waals surface area contributed by atoms with E-state index in [1.54, 1.807) is 12.1 Å². The molecule has 0 fully saturated rings. The fourth-order valence-electron chi connectivity index (χ4n) is 1.76. The fraction of sp³-hybridized carbons (Fsp3) is 0.125. The van der Waals surface area contributed by atoms with Gasteiger partial charge in [0, 0.05) is 12.4 Å². The zero-order valence-corrected chi connectivity index (χ0v) is 11.5. The first-order valence-corrected chi connectivity index (χ1v) is 6.32. The van der Waals surface area contributed by atoms with Gasteiger partial charge in [0.1, 0.15) is 5.82 Å². The van der Waals surface area contributed by atoms with Crippen LogP contribution in [0.5, 0.6) is 0 Å². The maximum Gasteiger partial charge on any atom is 0.257 e. The number of hydrogen-bond donors (Lipinski definition) is 2. The number of hydrogen-bond acceptors (Lipinski definition) is 3. The van der Waals surface area contributed by atoms with Crippen molar-refractivity contribution in [2.75, 3.05) is 11.9 Å². The number of pyridine rings is 1. The maximum atomic E-state index is 13.7. The molecule has 106 valence electrons. The van der Waals surface area contributed by atoms with Gasteiger partial charge in [0.2, 0.25) is 0 Å². The van der Waals surface area contributed by atoms with Gasteiger partial charge >= 0.3 is 0 Å². The number of aryl methyl sites for hydroxylation is 1. The molecule has 0 unspecified atom stereocenters. The molecule has 0 spiro atoms. The molecule has 0 aliphatic carbocycles. The Balaban J connectivity index is 2.31. The summed E-state index contributed by atoms with van der Waals surface area (Å²) >= 11 is 0. The first-order chi connectivity index (χ1) is 10.1. The summed E-state index contributed by atoms with van der Waals surface area (Å²) < 4.78 is 13.7. The van der Waals surface area contributed by atoms with Crippen molar-refractivity contribution in [1.29, 1.82) is 0 Å². The van der Waals surface area contributed by atoms with Crippen molar-refractivity contribution < 1.29 is 9.18 Å². The highest BCUT2D eigenvalue weighted by Gasteiger charge is 2.12. The zero-order chi connectivity index (χ0) is 15.2. The standard InChI is InChI=1S/C16H14FN3O/c1-11-4-5-14(17)15(9-11)20-16(21)13-6-8-19-10-12(13)3-2-7-18/h4-6,8-10H,7,18H2,1H3,(H,20,21). The molecule has 0 aliphatic heterocycles. The van der Waals surface area contributed by atoms with E-state index in [4.69, 9.17) is 5.73 Å². The van der Waals surface area contributed by atoms with E-state index in [0.717, 1.165) is 5.56 Å². The average Bonchev–Trinajstić information content (AvgIpc) is 2.49. The minimum atomic E-state index is -0.488. The lowest BCUT2D eigenvalue weighted by Crippen LogP contribution is -2.15. The molecule has 4 nitrogen and oxygen atoms in total. The SMILES string of the molecule is Cc1ccc(F)c(NC(=O)c2ccncc2C#CCN)c1. The van der Waals surface area contributed by atoms with Crippen molar-refractivity contribution in [3.8, 4) is 11.8 Å². The van der Waals surface area contributed by atoms with Crippen molar-refractivity contribution in [2.45, 2.75) is 6.92 Å². The van der Waals surface area contributed by atoms with Gasteiger partial charge in [-0.1, -0.05) is 17.9 Å². The van der Waals surface area contributed by atoms with Crippen LogP contribution in [0, 0.1) is 24.6 Å². The number of anilines is 1. The van der Waals surface area contributed by atoms with E-state index in [0.29, 0.717) is 11.1 Å². The molecule has 2 aromatic rings. The number of halogens is 1. The summed E-state index contributed by atoms with van der Waals surface area (Å²) in [6.07, 6.45) is 2.96. The molecule has 0 bridgehead atoms. The van der Waals surface area contributed by atoms with Crippen LogP contribution in [-0.2, 0) is 0 Å². The number of nitrogens with two attached hydrogens (primary N) is 1. The van der Waals surface area contributed by atoms with E-state index in [1.165, 1.54) is 24.5 Å². The van der Waals surface area contributed by atoms with Crippen LogP contribution in [0.4, 0.5) is 10.1 Å². The predicted octanol–water partition coefficient (Wildman–Crippen LogP) is 2.09. The number of rotatable bonds is 2. The highest BCUT2D eigenvalue weighted by Crippen LogP contribution is 2.17. The van der Waals surface area contributed by atoms with Crippen molar-refractivity contribution in [1.82, 2.24) is 4.98 Å². The van der Waals surface area contributed by atoms with Crippen molar-refractivity contribution in [3.63, 3.8) is 0 Å². The third-order valence-corrected chi connectivity index (χ3v) is 2.76. The Hall–Kier alpha value is -2.71. The third kappa shape index (κ3) is 3.65. The number of aromatic nitrogens is 1. The smallest absolute Gasteiger partial charge is 0.257 e. The average molecular weight is 283 g/mol. The molecule has 2 rings (SSSR count). The van der Waals surface area contributed by atoms with Crippen LogP contribution in [0.2, 0.25) is 0 Å². The summed E-state index contributed by atoms with van der Waals surface area (Å²) in [5.74, 6) is 4.51. The number of carbonyl (C=O) groups excluding carboxylic acids is 1. The largest absolute Gasteiger partial charge is 0.320 e. The molecule has 0 atom stereocenters. The zero-order valence-electron chi connectivity index (χ0n) is 11.5. The number of nitrogens with zero attached hydrogens (tertiary/aromatic N) is 1. The molecule has 1 aromatic carbocycles. The monoisotopic (exact) mass is 283 g/mol. The molecule has 3 N–H and O–H groups in total. The highest BCUT2D eigenvalue weighted by atomic mass is 19.1. The Morgan fingerprint density at radius 2 is 2.24 bits per heavy atom. The van der Waals surface area contributed by atoms with Crippen LogP contribution >= 0.6 is 0 Å². The van der Waals surface area contributed by atoms with E-state index in [9.17, 15) is 9.18 Å². The normalized spacial score (nSPS) is 9.67. The molecule has 0 radical (unpaired) electrons. The lowest BCUT2D eigenvalue weighted by atomic mass is 10.1. The Morgan fingerprint density at radius 1 is 1.43 bits per heavy atom. The van der Waals surface area contributed by atoms with E-state index in [-0.39, 0.29) is 12.2 Å². The quantitative estimate of drug-likeness (QED) is 0.829. The first kappa shape index (κ1) is 14.7. The van der Waals surface area contributed by atoms with Crippen molar-refractivity contribution in [2.24, 2.45) is 5.73 Å². The molecule has 0 aliphatic rings. The van der Waals surface area contributed by atoms with Gasteiger partial charge in [-0.3, -0.25) is 9.78 Å². The van der Waals surface area contributed by atoms with Crippen molar-refractivity contribution >= 4 is 11.6 Å².